The Kier molecular flexibility index (Phi) is 2.86. The molecule has 2 aromatic rings. The monoisotopic (exact) mass is 217 g/mol. The maximum atomic E-state index is 4.48. The maximum Gasteiger partial charge on any atom is 0.201 e. The number of rotatable bonds is 4. The number of nitrogens with one attached hydrogen (secondary N) is 2. The third-order valence-electron chi connectivity index (χ3n) is 3.08. The molecule has 0 aliphatic rings. The van der Waals surface area contributed by atoms with Crippen molar-refractivity contribution in [3.8, 4) is 0 Å². The Bertz CT molecular complexity index is 438. The number of anilines is 1. The Morgan fingerprint density at radius 3 is 2.75 bits per heavy atom. The summed E-state index contributed by atoms with van der Waals surface area (Å²) in [5.41, 5.74) is 2.40. The number of hydrogen-bond donors (Lipinski definition) is 2. The summed E-state index contributed by atoms with van der Waals surface area (Å²) in [6, 6.07) is 8.07. The number of imidazole rings is 1. The summed E-state index contributed by atoms with van der Waals surface area (Å²) in [4.78, 5) is 7.75. The van der Waals surface area contributed by atoms with E-state index in [4.69, 9.17) is 0 Å². The molecule has 1 aromatic carbocycles. The summed E-state index contributed by atoms with van der Waals surface area (Å²) < 4.78 is 0. The summed E-state index contributed by atoms with van der Waals surface area (Å²) in [5, 5.41) is 3.36. The van der Waals surface area contributed by atoms with Crippen molar-refractivity contribution in [1.82, 2.24) is 9.97 Å². The number of benzene rings is 1. The van der Waals surface area contributed by atoms with Gasteiger partial charge in [-0.05, 0) is 24.0 Å². The number of fused-ring (bicyclic) bond motifs is 1. The van der Waals surface area contributed by atoms with Gasteiger partial charge >= 0.3 is 0 Å². The van der Waals surface area contributed by atoms with Crippen molar-refractivity contribution in [3.63, 3.8) is 0 Å². The van der Waals surface area contributed by atoms with Crippen molar-refractivity contribution >= 4 is 17.0 Å². The summed E-state index contributed by atoms with van der Waals surface area (Å²) in [6.45, 7) is 7.65. The maximum absolute atomic E-state index is 4.48. The molecule has 1 heterocycles. The van der Waals surface area contributed by atoms with Crippen molar-refractivity contribution in [1.29, 1.82) is 0 Å². The van der Waals surface area contributed by atoms with E-state index in [1.165, 1.54) is 0 Å². The molecule has 0 bridgehead atoms. The molecule has 1 aromatic heterocycles. The molecular weight excluding hydrogens is 198 g/mol. The molecule has 3 heteroatoms. The fraction of sp³-hybridized carbons (Fsp3) is 0.462. The summed E-state index contributed by atoms with van der Waals surface area (Å²) in [5.74, 6) is 0.864. The molecule has 0 atom stereocenters. The first-order valence-corrected chi connectivity index (χ1v) is 5.79. The fourth-order valence-corrected chi connectivity index (χ4v) is 1.48. The zero-order valence-corrected chi connectivity index (χ0v) is 10.2. The van der Waals surface area contributed by atoms with Crippen LogP contribution in [0, 0.1) is 5.41 Å². The molecule has 0 aliphatic heterocycles. The molecule has 2 N–H and O–H groups in total. The highest BCUT2D eigenvalue weighted by Gasteiger charge is 2.15. The highest BCUT2D eigenvalue weighted by Crippen LogP contribution is 2.20. The predicted octanol–water partition coefficient (Wildman–Crippen LogP) is 3.41. The van der Waals surface area contributed by atoms with Crippen LogP contribution in [0.15, 0.2) is 24.3 Å². The Balaban J connectivity index is 2.10. The Hall–Kier alpha value is -1.51. The van der Waals surface area contributed by atoms with Gasteiger partial charge in [0.2, 0.25) is 5.95 Å². The van der Waals surface area contributed by atoms with Crippen LogP contribution >= 0.6 is 0 Å². The number of hydrogen-bond acceptors (Lipinski definition) is 2. The van der Waals surface area contributed by atoms with Crippen LogP contribution in [0.2, 0.25) is 0 Å². The van der Waals surface area contributed by atoms with E-state index in [2.05, 4.69) is 36.1 Å². The Morgan fingerprint density at radius 1 is 1.31 bits per heavy atom. The quantitative estimate of drug-likeness (QED) is 0.824. The first-order chi connectivity index (χ1) is 7.61. The number of aromatic amines is 1. The van der Waals surface area contributed by atoms with Crippen molar-refractivity contribution in [2.75, 3.05) is 11.9 Å². The van der Waals surface area contributed by atoms with Crippen LogP contribution in [0.1, 0.15) is 27.2 Å². The normalized spacial score (nSPS) is 11.9. The Labute approximate surface area is 96.3 Å². The van der Waals surface area contributed by atoms with Crippen LogP contribution < -0.4 is 5.32 Å². The topological polar surface area (TPSA) is 40.7 Å². The van der Waals surface area contributed by atoms with E-state index in [0.29, 0.717) is 5.41 Å². The molecule has 86 valence electrons. The third-order valence-corrected chi connectivity index (χ3v) is 3.08. The van der Waals surface area contributed by atoms with Crippen LogP contribution in [0.5, 0.6) is 0 Å². The van der Waals surface area contributed by atoms with Crippen molar-refractivity contribution in [3.05, 3.63) is 24.3 Å². The fourth-order valence-electron chi connectivity index (χ4n) is 1.48. The standard InChI is InChI=1S/C13H19N3/c1-4-13(2,3)9-14-12-15-10-7-5-6-8-11(10)16-12/h5-8H,4,9H2,1-3H3,(H2,14,15,16). The van der Waals surface area contributed by atoms with Crippen LogP contribution in [-0.2, 0) is 0 Å². The first-order valence-electron chi connectivity index (χ1n) is 5.79. The SMILES string of the molecule is CCC(C)(C)CNc1nc2ccccc2[nH]1. The molecule has 0 saturated heterocycles. The summed E-state index contributed by atoms with van der Waals surface area (Å²) in [6.07, 6.45) is 1.15. The zero-order chi connectivity index (χ0) is 11.6. The molecule has 0 fully saturated rings. The second kappa shape index (κ2) is 4.16. The Morgan fingerprint density at radius 2 is 2.06 bits per heavy atom. The summed E-state index contributed by atoms with van der Waals surface area (Å²) in [7, 11) is 0. The average Bonchev–Trinajstić information content (AvgIpc) is 2.69. The van der Waals surface area contributed by atoms with E-state index >= 15 is 0 Å². The lowest BCUT2D eigenvalue weighted by molar-refractivity contribution is 0.376. The van der Waals surface area contributed by atoms with Gasteiger partial charge < -0.3 is 10.3 Å². The van der Waals surface area contributed by atoms with Gasteiger partial charge in [-0.2, -0.15) is 0 Å². The van der Waals surface area contributed by atoms with Gasteiger partial charge in [-0.1, -0.05) is 32.9 Å². The molecule has 16 heavy (non-hydrogen) atoms. The van der Waals surface area contributed by atoms with Gasteiger partial charge in [-0.3, -0.25) is 0 Å². The molecule has 2 rings (SSSR count). The van der Waals surface area contributed by atoms with Crippen LogP contribution in [0.25, 0.3) is 11.0 Å². The minimum absolute atomic E-state index is 0.305. The number of H-pyrrole nitrogens is 1. The lowest BCUT2D eigenvalue weighted by atomic mass is 9.90. The van der Waals surface area contributed by atoms with E-state index in [1.54, 1.807) is 0 Å². The third kappa shape index (κ3) is 2.35. The van der Waals surface area contributed by atoms with Crippen LogP contribution in [-0.4, -0.2) is 16.5 Å². The average molecular weight is 217 g/mol. The minimum atomic E-state index is 0.305. The molecule has 0 aliphatic carbocycles. The first kappa shape index (κ1) is 11.0. The van der Waals surface area contributed by atoms with Gasteiger partial charge in [0.05, 0.1) is 11.0 Å². The number of para-hydroxylation sites is 2. The highest BCUT2D eigenvalue weighted by molar-refractivity contribution is 5.77. The number of aromatic nitrogens is 2. The van der Waals surface area contributed by atoms with Gasteiger partial charge in [0, 0.05) is 6.54 Å². The van der Waals surface area contributed by atoms with E-state index in [0.717, 1.165) is 29.9 Å². The van der Waals surface area contributed by atoms with Gasteiger partial charge in [-0.25, -0.2) is 4.98 Å². The molecule has 0 unspecified atom stereocenters. The predicted molar refractivity (Wildman–Crippen MR) is 68.7 cm³/mol. The largest absolute Gasteiger partial charge is 0.355 e. The van der Waals surface area contributed by atoms with Crippen LogP contribution in [0.3, 0.4) is 0 Å². The highest BCUT2D eigenvalue weighted by atomic mass is 15.1. The van der Waals surface area contributed by atoms with Crippen molar-refractivity contribution < 1.29 is 0 Å². The van der Waals surface area contributed by atoms with E-state index in [1.807, 2.05) is 24.3 Å². The smallest absolute Gasteiger partial charge is 0.201 e. The second-order valence-electron chi connectivity index (χ2n) is 4.97. The van der Waals surface area contributed by atoms with Gasteiger partial charge in [-0.15, -0.1) is 0 Å². The van der Waals surface area contributed by atoms with E-state index in [-0.39, 0.29) is 0 Å². The van der Waals surface area contributed by atoms with Crippen LogP contribution in [0.4, 0.5) is 5.95 Å². The molecular formula is C13H19N3. The lowest BCUT2D eigenvalue weighted by Crippen LogP contribution is -2.22. The van der Waals surface area contributed by atoms with Gasteiger partial charge in [0.1, 0.15) is 0 Å². The zero-order valence-electron chi connectivity index (χ0n) is 10.2. The van der Waals surface area contributed by atoms with Crippen molar-refractivity contribution in [2.45, 2.75) is 27.2 Å². The van der Waals surface area contributed by atoms with E-state index in [9.17, 15) is 0 Å². The second-order valence-corrected chi connectivity index (χ2v) is 4.97. The number of nitrogens with zero attached hydrogens (tertiary/aromatic N) is 1. The molecule has 0 spiro atoms. The van der Waals surface area contributed by atoms with Gasteiger partial charge in [0.25, 0.3) is 0 Å². The van der Waals surface area contributed by atoms with E-state index < -0.39 is 0 Å². The molecule has 0 saturated carbocycles. The van der Waals surface area contributed by atoms with Gasteiger partial charge in [0.15, 0.2) is 0 Å². The van der Waals surface area contributed by atoms with Crippen molar-refractivity contribution in [2.24, 2.45) is 5.41 Å². The summed E-state index contributed by atoms with van der Waals surface area (Å²) >= 11 is 0. The molecule has 0 amide bonds. The molecule has 3 nitrogen and oxygen atoms in total. The molecule has 0 radical (unpaired) electrons. The minimum Gasteiger partial charge on any atom is -0.355 e. The lowest BCUT2D eigenvalue weighted by Gasteiger charge is -2.22.